The van der Waals surface area contributed by atoms with E-state index in [0.29, 0.717) is 19.3 Å². The molecular formula is C10H21NO3. The van der Waals surface area contributed by atoms with Crippen LogP contribution in [0, 0.1) is 0 Å². The Hall–Kier alpha value is -0.610. The second-order valence-corrected chi connectivity index (χ2v) is 3.94. The fraction of sp³-hybridized carbons (Fsp3) is 0.900. The molecule has 84 valence electrons. The Balaban J connectivity index is 3.60. The van der Waals surface area contributed by atoms with Crippen molar-refractivity contribution in [1.29, 1.82) is 0 Å². The predicted octanol–water partition coefficient (Wildman–Crippen LogP) is 0.423. The minimum Gasteiger partial charge on any atom is -0.393 e. The molecule has 3 N–H and O–H groups in total. The van der Waals surface area contributed by atoms with Crippen molar-refractivity contribution >= 4 is 5.91 Å². The smallest absolute Gasteiger partial charge is 0.220 e. The van der Waals surface area contributed by atoms with Crippen molar-refractivity contribution in [2.45, 2.75) is 58.3 Å². The summed E-state index contributed by atoms with van der Waals surface area (Å²) < 4.78 is 0. The Labute approximate surface area is 85.3 Å². The molecule has 0 aliphatic carbocycles. The number of rotatable bonds is 6. The van der Waals surface area contributed by atoms with E-state index in [4.69, 9.17) is 10.2 Å². The lowest BCUT2D eigenvalue weighted by molar-refractivity contribution is -0.122. The molecule has 4 heteroatoms. The first-order valence-electron chi connectivity index (χ1n) is 5.07. The van der Waals surface area contributed by atoms with Gasteiger partial charge in [-0.25, -0.2) is 0 Å². The zero-order chi connectivity index (χ0) is 11.1. The molecule has 0 aliphatic rings. The van der Waals surface area contributed by atoms with Crippen molar-refractivity contribution in [2.75, 3.05) is 0 Å². The number of carbonyl (C=O) groups is 1. The molecule has 0 radical (unpaired) electrons. The van der Waals surface area contributed by atoms with Crippen LogP contribution in [0.2, 0.25) is 0 Å². The van der Waals surface area contributed by atoms with Gasteiger partial charge >= 0.3 is 0 Å². The minimum atomic E-state index is -0.437. The predicted molar refractivity (Wildman–Crippen MR) is 54.8 cm³/mol. The standard InChI is InChI=1S/C10H21NO3/c1-7(6-9(3)13)11-10(14)5-4-8(2)12/h7-9,12-13H,4-6H2,1-3H3,(H,11,14). The third kappa shape index (κ3) is 8.01. The fourth-order valence-corrected chi connectivity index (χ4v) is 1.26. The maximum absolute atomic E-state index is 11.2. The first kappa shape index (κ1) is 13.4. The van der Waals surface area contributed by atoms with E-state index in [0.717, 1.165) is 0 Å². The Kier molecular flexibility index (Phi) is 6.49. The average Bonchev–Trinajstić information content (AvgIpc) is 1.98. The molecule has 0 aromatic heterocycles. The minimum absolute atomic E-state index is 0.0171. The fourth-order valence-electron chi connectivity index (χ4n) is 1.26. The van der Waals surface area contributed by atoms with E-state index in [1.807, 2.05) is 6.92 Å². The van der Waals surface area contributed by atoms with Crippen LogP contribution in [0.4, 0.5) is 0 Å². The van der Waals surface area contributed by atoms with E-state index < -0.39 is 12.2 Å². The molecule has 0 aromatic carbocycles. The highest BCUT2D eigenvalue weighted by atomic mass is 16.3. The Morgan fingerprint density at radius 3 is 2.21 bits per heavy atom. The van der Waals surface area contributed by atoms with Gasteiger partial charge in [-0.05, 0) is 33.6 Å². The number of amides is 1. The molecule has 0 aromatic rings. The highest BCUT2D eigenvalue weighted by molar-refractivity contribution is 5.76. The molecule has 0 fully saturated rings. The van der Waals surface area contributed by atoms with Crippen molar-refractivity contribution in [3.05, 3.63) is 0 Å². The number of aliphatic hydroxyl groups excluding tert-OH is 2. The van der Waals surface area contributed by atoms with Crippen LogP contribution in [-0.4, -0.2) is 34.4 Å². The highest BCUT2D eigenvalue weighted by Crippen LogP contribution is 1.99. The molecule has 1 amide bonds. The molecule has 0 saturated carbocycles. The third-order valence-corrected chi connectivity index (χ3v) is 1.89. The molecule has 0 heterocycles. The Morgan fingerprint density at radius 1 is 1.21 bits per heavy atom. The summed E-state index contributed by atoms with van der Waals surface area (Å²) in [6.07, 6.45) is 0.532. The van der Waals surface area contributed by atoms with Crippen LogP contribution >= 0.6 is 0 Å². The lowest BCUT2D eigenvalue weighted by Gasteiger charge is -2.15. The number of carbonyl (C=O) groups excluding carboxylic acids is 1. The summed E-state index contributed by atoms with van der Waals surface area (Å²) in [6, 6.07) is -0.0171. The maximum atomic E-state index is 11.2. The summed E-state index contributed by atoms with van der Waals surface area (Å²) in [5, 5.41) is 20.8. The van der Waals surface area contributed by atoms with Crippen molar-refractivity contribution in [1.82, 2.24) is 5.32 Å². The van der Waals surface area contributed by atoms with Gasteiger partial charge in [-0.1, -0.05) is 0 Å². The van der Waals surface area contributed by atoms with Crippen molar-refractivity contribution < 1.29 is 15.0 Å². The zero-order valence-electron chi connectivity index (χ0n) is 9.16. The average molecular weight is 203 g/mol. The highest BCUT2D eigenvalue weighted by Gasteiger charge is 2.10. The third-order valence-electron chi connectivity index (χ3n) is 1.89. The first-order chi connectivity index (χ1) is 6.41. The van der Waals surface area contributed by atoms with Crippen molar-refractivity contribution in [3.8, 4) is 0 Å². The number of aliphatic hydroxyl groups is 2. The van der Waals surface area contributed by atoms with Gasteiger partial charge in [-0.2, -0.15) is 0 Å². The molecule has 0 spiro atoms. The first-order valence-corrected chi connectivity index (χ1v) is 5.07. The monoisotopic (exact) mass is 203 g/mol. The van der Waals surface area contributed by atoms with E-state index in [1.54, 1.807) is 13.8 Å². The van der Waals surface area contributed by atoms with Gasteiger partial charge in [-0.3, -0.25) is 4.79 Å². The van der Waals surface area contributed by atoms with E-state index in [1.165, 1.54) is 0 Å². The number of hydrogen-bond donors (Lipinski definition) is 3. The van der Waals surface area contributed by atoms with Crippen molar-refractivity contribution in [2.24, 2.45) is 0 Å². The summed E-state index contributed by atoms with van der Waals surface area (Å²) >= 11 is 0. The quantitative estimate of drug-likeness (QED) is 0.586. The maximum Gasteiger partial charge on any atom is 0.220 e. The van der Waals surface area contributed by atoms with Crippen LogP contribution in [0.25, 0.3) is 0 Å². The number of nitrogens with one attached hydrogen (secondary N) is 1. The summed E-state index contributed by atoms with van der Waals surface area (Å²) in [7, 11) is 0. The topological polar surface area (TPSA) is 69.6 Å². The Morgan fingerprint density at radius 2 is 1.79 bits per heavy atom. The SMILES string of the molecule is CC(O)CCC(=O)NC(C)CC(C)O. The normalized spacial score (nSPS) is 17.2. The van der Waals surface area contributed by atoms with Gasteiger partial charge in [0.05, 0.1) is 12.2 Å². The molecule has 0 bridgehead atoms. The van der Waals surface area contributed by atoms with Crippen LogP contribution in [0.1, 0.15) is 40.0 Å². The summed E-state index contributed by atoms with van der Waals surface area (Å²) in [4.78, 5) is 11.2. The van der Waals surface area contributed by atoms with Gasteiger partial charge in [-0.15, -0.1) is 0 Å². The zero-order valence-corrected chi connectivity index (χ0v) is 9.16. The molecule has 3 atom stereocenters. The summed E-state index contributed by atoms with van der Waals surface area (Å²) in [5.41, 5.74) is 0. The molecule has 0 aliphatic heterocycles. The van der Waals surface area contributed by atoms with E-state index in [9.17, 15) is 4.79 Å². The van der Waals surface area contributed by atoms with Crippen LogP contribution in [0.15, 0.2) is 0 Å². The van der Waals surface area contributed by atoms with Gasteiger partial charge in [0, 0.05) is 12.5 Å². The largest absolute Gasteiger partial charge is 0.393 e. The molecule has 14 heavy (non-hydrogen) atoms. The lowest BCUT2D eigenvalue weighted by Crippen LogP contribution is -2.34. The van der Waals surface area contributed by atoms with E-state index in [-0.39, 0.29) is 11.9 Å². The van der Waals surface area contributed by atoms with E-state index in [2.05, 4.69) is 5.32 Å². The second kappa shape index (κ2) is 6.79. The van der Waals surface area contributed by atoms with Gasteiger partial charge < -0.3 is 15.5 Å². The van der Waals surface area contributed by atoms with Crippen LogP contribution < -0.4 is 5.32 Å². The van der Waals surface area contributed by atoms with Gasteiger partial charge in [0.15, 0.2) is 0 Å². The molecule has 0 saturated heterocycles. The van der Waals surface area contributed by atoms with Crippen molar-refractivity contribution in [3.63, 3.8) is 0 Å². The van der Waals surface area contributed by atoms with Crippen LogP contribution in [-0.2, 0) is 4.79 Å². The Bertz CT molecular complexity index is 169. The molecule has 3 unspecified atom stereocenters. The molecule has 4 nitrogen and oxygen atoms in total. The number of hydrogen-bond acceptors (Lipinski definition) is 3. The van der Waals surface area contributed by atoms with E-state index >= 15 is 0 Å². The summed E-state index contributed by atoms with van der Waals surface area (Å²) in [6.45, 7) is 5.21. The lowest BCUT2D eigenvalue weighted by atomic mass is 10.1. The van der Waals surface area contributed by atoms with Gasteiger partial charge in [0.1, 0.15) is 0 Å². The molecule has 0 rings (SSSR count). The van der Waals surface area contributed by atoms with Gasteiger partial charge in [0.2, 0.25) is 5.91 Å². The second-order valence-electron chi connectivity index (χ2n) is 3.94. The summed E-state index contributed by atoms with van der Waals surface area (Å²) in [5.74, 6) is -0.0703. The van der Waals surface area contributed by atoms with Crippen LogP contribution in [0.3, 0.4) is 0 Å². The molecular weight excluding hydrogens is 182 g/mol. The van der Waals surface area contributed by atoms with Crippen LogP contribution in [0.5, 0.6) is 0 Å². The van der Waals surface area contributed by atoms with Gasteiger partial charge in [0.25, 0.3) is 0 Å².